The Kier molecular flexibility index (Phi) is 5.65. The zero-order chi connectivity index (χ0) is 16.1. The van der Waals surface area contributed by atoms with Gasteiger partial charge in [0.1, 0.15) is 0 Å². The van der Waals surface area contributed by atoms with Crippen LogP contribution in [0.1, 0.15) is 24.4 Å². The van der Waals surface area contributed by atoms with Crippen molar-refractivity contribution >= 4 is 23.6 Å². The van der Waals surface area contributed by atoms with E-state index in [0.717, 1.165) is 30.4 Å². The minimum absolute atomic E-state index is 0.0310. The van der Waals surface area contributed by atoms with E-state index in [1.807, 2.05) is 0 Å². The van der Waals surface area contributed by atoms with Crippen molar-refractivity contribution in [3.05, 3.63) is 29.6 Å². The third-order valence-corrected chi connectivity index (χ3v) is 4.68. The van der Waals surface area contributed by atoms with Gasteiger partial charge in [0, 0.05) is 5.92 Å². The predicted octanol–water partition coefficient (Wildman–Crippen LogP) is 2.22. The van der Waals surface area contributed by atoms with Crippen molar-refractivity contribution in [2.24, 2.45) is 5.92 Å². The van der Waals surface area contributed by atoms with Crippen LogP contribution in [0.2, 0.25) is 0 Å². The van der Waals surface area contributed by atoms with Crippen LogP contribution in [0, 0.1) is 11.7 Å². The highest BCUT2D eigenvalue weighted by molar-refractivity contribution is 7.99. The number of carboxylic acid groups (broad SMARTS) is 1. The minimum atomic E-state index is -1.26. The summed E-state index contributed by atoms with van der Waals surface area (Å²) >= 11 is 1.78. The Bertz CT molecular complexity index is 560. The first-order valence-electron chi connectivity index (χ1n) is 6.97. The lowest BCUT2D eigenvalue weighted by atomic mass is 10.00. The molecule has 22 heavy (non-hydrogen) atoms. The molecule has 120 valence electrons. The summed E-state index contributed by atoms with van der Waals surface area (Å²) in [6.07, 6.45) is 1.47. The van der Waals surface area contributed by atoms with Gasteiger partial charge in [-0.2, -0.15) is 11.8 Å². The number of carbonyl (C=O) groups is 2. The highest BCUT2D eigenvalue weighted by Crippen LogP contribution is 2.25. The smallest absolute Gasteiger partial charge is 0.330 e. The maximum Gasteiger partial charge on any atom is 0.330 e. The second kappa shape index (κ2) is 7.49. The lowest BCUT2D eigenvalue weighted by molar-refractivity contribution is -0.142. The molecule has 1 unspecified atom stereocenters. The minimum Gasteiger partial charge on any atom is -0.494 e. The molecule has 0 radical (unpaired) electrons. The predicted molar refractivity (Wildman–Crippen MR) is 81.5 cm³/mol. The van der Waals surface area contributed by atoms with E-state index < -0.39 is 17.8 Å². The first-order chi connectivity index (χ1) is 10.5. The number of nitrogens with one attached hydrogen (secondary N) is 1. The van der Waals surface area contributed by atoms with E-state index in [9.17, 15) is 19.1 Å². The molecule has 0 saturated carbocycles. The Hall–Kier alpha value is -1.76. The molecular weight excluding hydrogens is 309 g/mol. The first-order valence-corrected chi connectivity index (χ1v) is 8.12. The molecule has 0 spiro atoms. The molecule has 0 aromatic heterocycles. The van der Waals surface area contributed by atoms with Gasteiger partial charge in [-0.25, -0.2) is 9.18 Å². The highest BCUT2D eigenvalue weighted by atomic mass is 32.2. The second-order valence-electron chi connectivity index (χ2n) is 5.06. The molecule has 1 saturated heterocycles. The lowest BCUT2D eigenvalue weighted by Crippen LogP contribution is -2.38. The normalized spacial score (nSPS) is 16.8. The number of hydrogen-bond acceptors (Lipinski definition) is 4. The maximum absolute atomic E-state index is 13.7. The molecule has 1 aliphatic heterocycles. The zero-order valence-corrected chi connectivity index (χ0v) is 13.0. The molecule has 1 heterocycles. The molecular formula is C15H18FNO4S. The Balaban J connectivity index is 2.14. The monoisotopic (exact) mass is 327 g/mol. The topological polar surface area (TPSA) is 75.6 Å². The Labute approximate surface area is 132 Å². The summed E-state index contributed by atoms with van der Waals surface area (Å²) in [7, 11) is 1.33. The fraction of sp³-hybridized carbons (Fsp3) is 0.467. The van der Waals surface area contributed by atoms with Crippen LogP contribution in [0.5, 0.6) is 5.75 Å². The summed E-state index contributed by atoms with van der Waals surface area (Å²) in [6, 6.07) is 2.61. The van der Waals surface area contributed by atoms with E-state index in [0.29, 0.717) is 0 Å². The van der Waals surface area contributed by atoms with Crippen LogP contribution in [-0.4, -0.2) is 35.6 Å². The largest absolute Gasteiger partial charge is 0.494 e. The first kappa shape index (κ1) is 16.6. The van der Waals surface area contributed by atoms with Gasteiger partial charge in [-0.05, 0) is 42.0 Å². The third-order valence-electron chi connectivity index (χ3n) is 3.63. The van der Waals surface area contributed by atoms with Crippen molar-refractivity contribution in [2.75, 3.05) is 18.6 Å². The number of ether oxygens (including phenoxy) is 1. The van der Waals surface area contributed by atoms with Crippen molar-refractivity contribution < 1.29 is 23.8 Å². The van der Waals surface area contributed by atoms with Gasteiger partial charge in [0.05, 0.1) is 7.11 Å². The summed E-state index contributed by atoms with van der Waals surface area (Å²) in [5.74, 6) is -0.517. The van der Waals surface area contributed by atoms with E-state index >= 15 is 0 Å². The summed E-state index contributed by atoms with van der Waals surface area (Å²) in [5.41, 5.74) is 0.185. The molecule has 1 aromatic carbocycles. The SMILES string of the molecule is COc1ccc(C(NC(=O)C2CCSCC2)C(=O)O)cc1F. The summed E-state index contributed by atoms with van der Waals surface area (Å²) in [6.45, 7) is 0. The van der Waals surface area contributed by atoms with Gasteiger partial charge in [-0.3, -0.25) is 4.79 Å². The summed E-state index contributed by atoms with van der Waals surface area (Å²) in [5, 5.41) is 11.8. The fourth-order valence-electron chi connectivity index (χ4n) is 2.37. The molecule has 2 rings (SSSR count). The van der Waals surface area contributed by atoms with Gasteiger partial charge in [0.25, 0.3) is 0 Å². The molecule has 0 aliphatic carbocycles. The maximum atomic E-state index is 13.7. The summed E-state index contributed by atoms with van der Waals surface area (Å²) in [4.78, 5) is 23.6. The molecule has 7 heteroatoms. The number of methoxy groups -OCH3 is 1. The Morgan fingerprint density at radius 2 is 2.09 bits per heavy atom. The molecule has 1 aromatic rings. The van der Waals surface area contributed by atoms with Gasteiger partial charge in [0.15, 0.2) is 17.6 Å². The van der Waals surface area contributed by atoms with Crippen LogP contribution >= 0.6 is 11.8 Å². The fourth-order valence-corrected chi connectivity index (χ4v) is 3.48. The van der Waals surface area contributed by atoms with Gasteiger partial charge in [-0.15, -0.1) is 0 Å². The van der Waals surface area contributed by atoms with E-state index in [2.05, 4.69) is 5.32 Å². The van der Waals surface area contributed by atoms with Crippen molar-refractivity contribution in [3.63, 3.8) is 0 Å². The van der Waals surface area contributed by atoms with Crippen molar-refractivity contribution in [1.29, 1.82) is 0 Å². The summed E-state index contributed by atoms with van der Waals surface area (Å²) < 4.78 is 18.5. The van der Waals surface area contributed by atoms with Crippen molar-refractivity contribution in [3.8, 4) is 5.75 Å². The number of hydrogen-bond donors (Lipinski definition) is 2. The Morgan fingerprint density at radius 1 is 1.41 bits per heavy atom. The molecule has 2 N–H and O–H groups in total. The van der Waals surface area contributed by atoms with E-state index in [4.69, 9.17) is 4.74 Å². The van der Waals surface area contributed by atoms with Crippen molar-refractivity contribution in [2.45, 2.75) is 18.9 Å². The van der Waals surface area contributed by atoms with Gasteiger partial charge in [-0.1, -0.05) is 6.07 Å². The number of aliphatic carboxylic acids is 1. The average molecular weight is 327 g/mol. The number of rotatable bonds is 5. The van der Waals surface area contributed by atoms with Crippen molar-refractivity contribution in [1.82, 2.24) is 5.32 Å². The molecule has 1 fully saturated rings. The van der Waals surface area contributed by atoms with Gasteiger partial charge in [0.2, 0.25) is 5.91 Å². The quantitative estimate of drug-likeness (QED) is 0.867. The van der Waals surface area contributed by atoms with Gasteiger partial charge >= 0.3 is 5.97 Å². The molecule has 1 atom stereocenters. The second-order valence-corrected chi connectivity index (χ2v) is 6.29. The number of amides is 1. The highest BCUT2D eigenvalue weighted by Gasteiger charge is 2.28. The number of halogens is 1. The van der Waals surface area contributed by atoms with Gasteiger partial charge < -0.3 is 15.2 Å². The zero-order valence-electron chi connectivity index (χ0n) is 12.2. The number of carboxylic acids is 1. The van der Waals surface area contributed by atoms with Crippen LogP contribution in [0.4, 0.5) is 4.39 Å². The van der Waals surface area contributed by atoms with Crippen LogP contribution in [-0.2, 0) is 9.59 Å². The average Bonchev–Trinajstić information content (AvgIpc) is 2.52. The number of thioether (sulfide) groups is 1. The molecule has 5 nitrogen and oxygen atoms in total. The van der Waals surface area contributed by atoms with E-state index in [-0.39, 0.29) is 23.1 Å². The van der Waals surface area contributed by atoms with E-state index in [1.165, 1.54) is 19.2 Å². The third kappa shape index (κ3) is 3.91. The Morgan fingerprint density at radius 3 is 2.64 bits per heavy atom. The molecule has 1 aliphatic rings. The van der Waals surface area contributed by atoms with E-state index in [1.54, 1.807) is 11.8 Å². The number of carbonyl (C=O) groups excluding carboxylic acids is 1. The van der Waals surface area contributed by atoms with Crippen LogP contribution in [0.25, 0.3) is 0 Å². The van der Waals surface area contributed by atoms with Crippen LogP contribution in [0.15, 0.2) is 18.2 Å². The molecule has 1 amide bonds. The molecule has 0 bridgehead atoms. The standard InChI is InChI=1S/C15H18FNO4S/c1-21-12-3-2-10(8-11(12)16)13(15(19)20)17-14(18)9-4-6-22-7-5-9/h2-3,8-9,13H,4-7H2,1H3,(H,17,18)(H,19,20). The number of benzene rings is 1. The van der Waals surface area contributed by atoms with Crippen LogP contribution < -0.4 is 10.1 Å². The van der Waals surface area contributed by atoms with Crippen LogP contribution in [0.3, 0.4) is 0 Å². The lowest BCUT2D eigenvalue weighted by Gasteiger charge is -2.23.